The Morgan fingerprint density at radius 2 is 1.90 bits per heavy atom. The van der Waals surface area contributed by atoms with Crippen LogP contribution in [0.4, 0.5) is 17.3 Å². The number of nitrogens with zero attached hydrogens (tertiary/aromatic N) is 3. The van der Waals surface area contributed by atoms with Crippen LogP contribution in [-0.2, 0) is 0 Å². The number of nitrogen functional groups attached to an aromatic ring is 2. The van der Waals surface area contributed by atoms with E-state index in [0.717, 1.165) is 0 Å². The van der Waals surface area contributed by atoms with E-state index in [1.54, 1.807) is 0 Å². The van der Waals surface area contributed by atoms with E-state index in [0.29, 0.717) is 0 Å². The lowest BCUT2D eigenvalue weighted by atomic mass is 10.3. The van der Waals surface area contributed by atoms with Gasteiger partial charge >= 0.3 is 0 Å². The topological polar surface area (TPSA) is 145 Å². The van der Waals surface area contributed by atoms with Crippen molar-refractivity contribution in [3.8, 4) is 0 Å². The minimum atomic E-state index is -0.925. The van der Waals surface area contributed by atoms with Gasteiger partial charge in [-0.1, -0.05) is 29.7 Å². The number of hydrogen-bond acceptors (Lipinski definition) is 6. The summed E-state index contributed by atoms with van der Waals surface area (Å²) in [6.07, 6.45) is 0. The third-order valence-corrected chi connectivity index (χ3v) is 2.36. The Kier molecular flexibility index (Phi) is 2.63. The number of amides is 1. The summed E-state index contributed by atoms with van der Waals surface area (Å²) in [6, 6.07) is -2.93. The Labute approximate surface area is 132 Å². The molecule has 0 atom stereocenters. The quantitative estimate of drug-likeness (QED) is 0.474. The normalized spacial score (nSPS) is 14.5. The molecular weight excluding hydrogens is 294 g/mol. The number of anilines is 2. The van der Waals surface area contributed by atoms with Gasteiger partial charge in [-0.15, -0.1) is 0 Å². The Morgan fingerprint density at radius 3 is 2.57 bits per heavy atom. The molecule has 21 heavy (non-hydrogen) atoms. The molecule has 1 aromatic carbocycles. The van der Waals surface area contributed by atoms with E-state index < -0.39 is 47.8 Å². The van der Waals surface area contributed by atoms with Crippen molar-refractivity contribution in [2.45, 2.75) is 0 Å². The van der Waals surface area contributed by atoms with Crippen LogP contribution >= 0.6 is 11.6 Å². The van der Waals surface area contributed by atoms with Gasteiger partial charge in [0.1, 0.15) is 0 Å². The predicted octanol–water partition coefficient (Wildman–Crippen LogP) is 0.671. The molecule has 2 aromatic rings. The summed E-state index contributed by atoms with van der Waals surface area (Å²) in [5.41, 5.74) is 15.7. The van der Waals surface area contributed by atoms with Gasteiger partial charge in [0.25, 0.3) is 5.91 Å². The van der Waals surface area contributed by atoms with Crippen LogP contribution in [0.25, 0.3) is 0 Å². The molecule has 9 heteroatoms. The number of para-hydroxylation sites is 1. The predicted molar refractivity (Wildman–Crippen MR) is 81.1 cm³/mol. The minimum absolute atomic E-state index is 0.165. The van der Waals surface area contributed by atoms with Crippen LogP contribution in [-0.4, -0.2) is 21.8 Å². The Morgan fingerprint density at radius 1 is 1.24 bits per heavy atom. The van der Waals surface area contributed by atoms with E-state index in [2.05, 4.69) is 20.3 Å². The SMILES string of the molecule is [2H]c1c([2H])c([2H])c(N=C(N)NC(=O)c2nc(Cl)c(N)nc2N)c([2H])c1[2H]. The molecule has 0 saturated heterocycles. The molecule has 0 bridgehead atoms. The second-order valence-corrected chi connectivity index (χ2v) is 3.92. The summed E-state index contributed by atoms with van der Waals surface area (Å²) in [6.45, 7) is 0. The van der Waals surface area contributed by atoms with Crippen molar-refractivity contribution < 1.29 is 11.6 Å². The minimum Gasteiger partial charge on any atom is -0.382 e. The number of carbonyl (C=O) groups excluding carboxylic acids is 1. The number of aliphatic imine (C=N–C) groups is 1. The summed E-state index contributed by atoms with van der Waals surface area (Å²) < 4.78 is 38.1. The fourth-order valence-corrected chi connectivity index (χ4v) is 1.36. The van der Waals surface area contributed by atoms with Gasteiger partial charge < -0.3 is 17.2 Å². The lowest BCUT2D eigenvalue weighted by Crippen LogP contribution is -2.37. The van der Waals surface area contributed by atoms with Gasteiger partial charge in [0.2, 0.25) is 5.96 Å². The van der Waals surface area contributed by atoms with E-state index in [-0.39, 0.29) is 22.5 Å². The van der Waals surface area contributed by atoms with Crippen LogP contribution in [0.2, 0.25) is 5.15 Å². The standard InChI is InChI=1S/C12H12ClN7O/c13-8-10(15)19-9(14)7(18-8)11(21)20-12(16)17-6-4-2-1-3-5-6/h1-5H,(H4,14,15,19)(H3,16,17,20,21)/i1D,2D,3D,4D,5D. The van der Waals surface area contributed by atoms with Crippen molar-refractivity contribution in [3.05, 3.63) is 41.1 Å². The first-order chi connectivity index (χ1) is 12.0. The van der Waals surface area contributed by atoms with Crippen molar-refractivity contribution in [2.75, 3.05) is 11.5 Å². The molecule has 0 fully saturated rings. The van der Waals surface area contributed by atoms with Gasteiger partial charge in [0, 0.05) is 0 Å². The van der Waals surface area contributed by atoms with Crippen molar-refractivity contribution in [2.24, 2.45) is 10.7 Å². The third kappa shape index (κ3) is 3.57. The van der Waals surface area contributed by atoms with E-state index >= 15 is 0 Å². The molecule has 1 amide bonds. The maximum absolute atomic E-state index is 12.1. The first kappa shape index (κ1) is 9.14. The molecule has 8 nitrogen and oxygen atoms in total. The highest BCUT2D eigenvalue weighted by atomic mass is 35.5. The van der Waals surface area contributed by atoms with E-state index in [1.807, 2.05) is 0 Å². The maximum atomic E-state index is 12.1. The number of nitrogens with one attached hydrogen (secondary N) is 1. The summed E-state index contributed by atoms with van der Waals surface area (Å²) in [5, 5.41) is 1.87. The van der Waals surface area contributed by atoms with Gasteiger partial charge in [0.05, 0.1) is 12.5 Å². The van der Waals surface area contributed by atoms with Crippen LogP contribution in [0.5, 0.6) is 0 Å². The summed E-state index contributed by atoms with van der Waals surface area (Å²) in [7, 11) is 0. The summed E-state index contributed by atoms with van der Waals surface area (Å²) >= 11 is 5.68. The molecule has 0 aliphatic rings. The Hall–Kier alpha value is -2.87. The monoisotopic (exact) mass is 310 g/mol. The van der Waals surface area contributed by atoms with E-state index in [4.69, 9.17) is 35.7 Å². The van der Waals surface area contributed by atoms with E-state index in [9.17, 15) is 4.79 Å². The van der Waals surface area contributed by atoms with Crippen LogP contribution in [0.3, 0.4) is 0 Å². The smallest absolute Gasteiger partial charge is 0.280 e. The molecular formula is C12H12ClN7O. The highest BCUT2D eigenvalue weighted by Crippen LogP contribution is 2.17. The molecule has 0 unspecified atom stereocenters. The molecule has 2 rings (SSSR count). The molecule has 108 valence electrons. The number of benzene rings is 1. The molecule has 1 heterocycles. The lowest BCUT2D eigenvalue weighted by Gasteiger charge is -2.07. The van der Waals surface area contributed by atoms with Crippen LogP contribution in [0.15, 0.2) is 35.2 Å². The fourth-order valence-electron chi connectivity index (χ4n) is 1.23. The van der Waals surface area contributed by atoms with Crippen molar-refractivity contribution in [3.63, 3.8) is 0 Å². The average Bonchev–Trinajstić information content (AvgIpc) is 2.58. The molecule has 7 N–H and O–H groups in total. The van der Waals surface area contributed by atoms with Gasteiger partial charge in [-0.3, -0.25) is 10.1 Å². The number of rotatable bonds is 2. The van der Waals surface area contributed by atoms with Gasteiger partial charge in [0.15, 0.2) is 22.5 Å². The third-order valence-electron chi connectivity index (χ3n) is 2.08. The van der Waals surface area contributed by atoms with Crippen molar-refractivity contribution >= 4 is 40.8 Å². The molecule has 0 aliphatic carbocycles. The first-order valence-electron chi connectivity index (χ1n) is 7.85. The number of halogens is 1. The molecule has 0 aliphatic heterocycles. The second-order valence-electron chi connectivity index (χ2n) is 3.56. The fraction of sp³-hybridized carbons (Fsp3) is 0. The number of carbonyl (C=O) groups is 1. The number of aromatic nitrogens is 2. The van der Waals surface area contributed by atoms with E-state index in [1.165, 1.54) is 0 Å². The molecule has 0 saturated carbocycles. The molecule has 0 spiro atoms. The second kappa shape index (κ2) is 6.06. The number of guanidine groups is 1. The largest absolute Gasteiger partial charge is 0.382 e. The van der Waals surface area contributed by atoms with Gasteiger partial charge in [-0.05, 0) is 12.1 Å². The zero-order valence-electron chi connectivity index (χ0n) is 15.4. The summed E-state index contributed by atoms with van der Waals surface area (Å²) in [5.74, 6) is -1.95. The Balaban J connectivity index is 2.38. The molecule has 1 aromatic heterocycles. The number of hydrogen-bond donors (Lipinski definition) is 4. The first-order valence-corrected chi connectivity index (χ1v) is 5.73. The van der Waals surface area contributed by atoms with Crippen molar-refractivity contribution in [1.82, 2.24) is 15.3 Å². The average molecular weight is 311 g/mol. The summed E-state index contributed by atoms with van der Waals surface area (Å²) in [4.78, 5) is 23.1. The van der Waals surface area contributed by atoms with Crippen LogP contribution in [0.1, 0.15) is 17.3 Å². The zero-order valence-corrected chi connectivity index (χ0v) is 11.1. The van der Waals surface area contributed by atoms with Crippen molar-refractivity contribution in [1.29, 1.82) is 0 Å². The van der Waals surface area contributed by atoms with Crippen LogP contribution < -0.4 is 22.5 Å². The Bertz CT molecular complexity index is 923. The molecule has 0 radical (unpaired) electrons. The highest BCUT2D eigenvalue weighted by molar-refractivity contribution is 6.31. The lowest BCUT2D eigenvalue weighted by molar-refractivity contribution is 0.0972. The van der Waals surface area contributed by atoms with Gasteiger partial charge in [-0.2, -0.15) is 0 Å². The number of nitrogens with two attached hydrogens (primary N) is 3. The maximum Gasteiger partial charge on any atom is 0.280 e. The van der Waals surface area contributed by atoms with Crippen LogP contribution in [0, 0.1) is 0 Å². The van der Waals surface area contributed by atoms with Gasteiger partial charge in [-0.25, -0.2) is 15.0 Å². The zero-order chi connectivity index (χ0) is 19.8. The highest BCUT2D eigenvalue weighted by Gasteiger charge is 2.16.